The number of rotatable bonds is 2. The lowest BCUT2D eigenvalue weighted by atomic mass is 10.1. The summed E-state index contributed by atoms with van der Waals surface area (Å²) in [5.41, 5.74) is 7.24. The summed E-state index contributed by atoms with van der Waals surface area (Å²) in [5, 5.41) is 3.07. The number of ether oxygens (including phenoxy) is 1. The minimum absolute atomic E-state index is 0.0419. The molecule has 0 aliphatic rings. The van der Waals surface area contributed by atoms with Gasteiger partial charge < -0.3 is 10.5 Å². The number of nitrogens with two attached hydrogens (primary N) is 1. The Hall–Kier alpha value is -2.47. The minimum atomic E-state index is -0.587. The number of methoxy groups -OCH3 is 1. The van der Waals surface area contributed by atoms with Crippen LogP contribution in [-0.4, -0.2) is 23.0 Å². The molecule has 6 heteroatoms. The van der Waals surface area contributed by atoms with Crippen LogP contribution in [0.5, 0.6) is 0 Å². The standard InChI is InChI=1S/C14H11N3O2S/c1-19-14(18)12-13(15)16-6-10(17-12)9-7-20-11-5-3-2-4-8(9)11/h2-7H,1H3,(H2,15,16). The number of thiophene rings is 1. The first-order valence-corrected chi connectivity index (χ1v) is 6.76. The van der Waals surface area contributed by atoms with Gasteiger partial charge in [-0.3, -0.25) is 0 Å². The van der Waals surface area contributed by atoms with Gasteiger partial charge in [-0.2, -0.15) is 0 Å². The van der Waals surface area contributed by atoms with Crippen LogP contribution in [0.2, 0.25) is 0 Å². The third-order valence-electron chi connectivity index (χ3n) is 2.94. The Morgan fingerprint density at radius 3 is 2.95 bits per heavy atom. The molecular weight excluding hydrogens is 274 g/mol. The SMILES string of the molecule is COC(=O)c1nc(-c2csc3ccccc23)cnc1N. The van der Waals surface area contributed by atoms with Crippen molar-refractivity contribution in [3.8, 4) is 11.3 Å². The summed E-state index contributed by atoms with van der Waals surface area (Å²) >= 11 is 1.62. The number of fused-ring (bicyclic) bond motifs is 1. The van der Waals surface area contributed by atoms with E-state index in [0.717, 1.165) is 15.6 Å². The molecule has 0 radical (unpaired) electrons. The number of nitrogens with zero attached hydrogens (tertiary/aromatic N) is 2. The number of aromatic nitrogens is 2. The van der Waals surface area contributed by atoms with Crippen LogP contribution in [0, 0.1) is 0 Å². The van der Waals surface area contributed by atoms with E-state index >= 15 is 0 Å². The van der Waals surface area contributed by atoms with Crippen LogP contribution in [0.1, 0.15) is 10.5 Å². The first kappa shape index (κ1) is 12.6. The van der Waals surface area contributed by atoms with Crippen LogP contribution in [-0.2, 0) is 4.74 Å². The Balaban J connectivity index is 2.17. The first-order valence-electron chi connectivity index (χ1n) is 5.88. The van der Waals surface area contributed by atoms with Crippen molar-refractivity contribution in [2.24, 2.45) is 0 Å². The Morgan fingerprint density at radius 2 is 2.15 bits per heavy atom. The van der Waals surface area contributed by atoms with E-state index in [1.54, 1.807) is 17.5 Å². The van der Waals surface area contributed by atoms with E-state index in [1.807, 2.05) is 29.6 Å². The predicted molar refractivity (Wildman–Crippen MR) is 78.6 cm³/mol. The van der Waals surface area contributed by atoms with Crippen LogP contribution in [0.25, 0.3) is 21.3 Å². The third kappa shape index (κ3) is 2.00. The van der Waals surface area contributed by atoms with Gasteiger partial charge in [0.25, 0.3) is 0 Å². The third-order valence-corrected chi connectivity index (χ3v) is 3.90. The second-order valence-electron chi connectivity index (χ2n) is 4.13. The molecule has 0 amide bonds. The van der Waals surface area contributed by atoms with E-state index in [2.05, 4.69) is 14.7 Å². The normalized spacial score (nSPS) is 10.7. The molecule has 0 fully saturated rings. The molecule has 5 nitrogen and oxygen atoms in total. The Kier molecular flexibility index (Phi) is 3.08. The highest BCUT2D eigenvalue weighted by atomic mass is 32.1. The zero-order chi connectivity index (χ0) is 14.1. The highest BCUT2D eigenvalue weighted by Crippen LogP contribution is 2.32. The molecule has 0 aliphatic heterocycles. The highest BCUT2D eigenvalue weighted by Gasteiger charge is 2.16. The second-order valence-corrected chi connectivity index (χ2v) is 5.04. The van der Waals surface area contributed by atoms with Crippen molar-refractivity contribution in [2.75, 3.05) is 12.8 Å². The Bertz CT molecular complexity index is 798. The number of nitrogen functional groups attached to an aromatic ring is 1. The number of carbonyl (C=O) groups excluding carboxylic acids is 1. The summed E-state index contributed by atoms with van der Waals surface area (Å²) < 4.78 is 5.81. The quantitative estimate of drug-likeness (QED) is 0.732. The average Bonchev–Trinajstić information content (AvgIpc) is 2.91. The zero-order valence-corrected chi connectivity index (χ0v) is 11.5. The second kappa shape index (κ2) is 4.90. The fourth-order valence-corrected chi connectivity index (χ4v) is 2.91. The molecule has 3 rings (SSSR count). The van der Waals surface area contributed by atoms with Crippen molar-refractivity contribution in [1.82, 2.24) is 9.97 Å². The molecule has 2 aromatic heterocycles. The van der Waals surface area contributed by atoms with Gasteiger partial charge in [0.1, 0.15) is 0 Å². The molecule has 2 N–H and O–H groups in total. The van der Waals surface area contributed by atoms with Crippen molar-refractivity contribution in [1.29, 1.82) is 0 Å². The maximum Gasteiger partial charge on any atom is 0.360 e. The van der Waals surface area contributed by atoms with Crippen LogP contribution in [0.15, 0.2) is 35.8 Å². The predicted octanol–water partition coefficient (Wildman–Crippen LogP) is 2.73. The fraction of sp³-hybridized carbons (Fsp3) is 0.0714. The summed E-state index contributed by atoms with van der Waals surface area (Å²) in [4.78, 5) is 19.9. The van der Waals surface area contributed by atoms with Crippen molar-refractivity contribution in [3.05, 3.63) is 41.5 Å². The van der Waals surface area contributed by atoms with Gasteiger partial charge in [0, 0.05) is 21.0 Å². The van der Waals surface area contributed by atoms with E-state index in [9.17, 15) is 4.79 Å². The molecule has 0 saturated heterocycles. The maximum atomic E-state index is 11.6. The zero-order valence-electron chi connectivity index (χ0n) is 10.7. The van der Waals surface area contributed by atoms with Gasteiger partial charge in [-0.15, -0.1) is 11.3 Å². The van der Waals surface area contributed by atoms with Gasteiger partial charge in [0.15, 0.2) is 11.5 Å². The molecule has 0 bridgehead atoms. The molecule has 0 unspecified atom stereocenters. The van der Waals surface area contributed by atoms with E-state index < -0.39 is 5.97 Å². The molecule has 1 aromatic carbocycles. The summed E-state index contributed by atoms with van der Waals surface area (Å²) in [6.45, 7) is 0. The van der Waals surface area contributed by atoms with Gasteiger partial charge >= 0.3 is 5.97 Å². The molecule has 0 aliphatic carbocycles. The lowest BCUT2D eigenvalue weighted by Gasteiger charge is -2.04. The van der Waals surface area contributed by atoms with Crippen LogP contribution < -0.4 is 5.73 Å². The maximum absolute atomic E-state index is 11.6. The summed E-state index contributed by atoms with van der Waals surface area (Å²) in [6, 6.07) is 7.99. The van der Waals surface area contributed by atoms with Gasteiger partial charge in [-0.05, 0) is 6.07 Å². The van der Waals surface area contributed by atoms with Gasteiger partial charge in [-0.1, -0.05) is 18.2 Å². The lowest BCUT2D eigenvalue weighted by molar-refractivity contribution is 0.0595. The van der Waals surface area contributed by atoms with Gasteiger partial charge in [0.2, 0.25) is 0 Å². The number of anilines is 1. The molecule has 0 saturated carbocycles. The van der Waals surface area contributed by atoms with E-state index in [-0.39, 0.29) is 11.5 Å². The minimum Gasteiger partial charge on any atom is -0.464 e. The molecule has 2 heterocycles. The Morgan fingerprint density at radius 1 is 1.35 bits per heavy atom. The monoisotopic (exact) mass is 285 g/mol. The number of benzene rings is 1. The Labute approximate surface area is 119 Å². The van der Waals surface area contributed by atoms with Gasteiger partial charge in [0.05, 0.1) is 19.0 Å². The van der Waals surface area contributed by atoms with Crippen LogP contribution in [0.4, 0.5) is 5.82 Å². The number of esters is 1. The fourth-order valence-electron chi connectivity index (χ4n) is 1.95. The highest BCUT2D eigenvalue weighted by molar-refractivity contribution is 7.17. The van der Waals surface area contributed by atoms with Crippen molar-refractivity contribution < 1.29 is 9.53 Å². The van der Waals surface area contributed by atoms with Gasteiger partial charge in [-0.25, -0.2) is 14.8 Å². The number of carbonyl (C=O) groups is 1. The molecule has 0 spiro atoms. The van der Waals surface area contributed by atoms with Crippen molar-refractivity contribution in [3.63, 3.8) is 0 Å². The summed E-state index contributed by atoms with van der Waals surface area (Å²) in [5.74, 6) is -0.517. The topological polar surface area (TPSA) is 78.1 Å². The number of hydrogen-bond donors (Lipinski definition) is 1. The smallest absolute Gasteiger partial charge is 0.360 e. The van der Waals surface area contributed by atoms with E-state index in [1.165, 1.54) is 7.11 Å². The average molecular weight is 285 g/mol. The van der Waals surface area contributed by atoms with Crippen molar-refractivity contribution in [2.45, 2.75) is 0 Å². The molecular formula is C14H11N3O2S. The first-order chi connectivity index (χ1) is 9.70. The molecule has 3 aromatic rings. The van der Waals surface area contributed by atoms with Crippen LogP contribution >= 0.6 is 11.3 Å². The summed E-state index contributed by atoms with van der Waals surface area (Å²) in [7, 11) is 1.29. The lowest BCUT2D eigenvalue weighted by Crippen LogP contribution is -2.10. The van der Waals surface area contributed by atoms with Crippen molar-refractivity contribution >= 4 is 33.2 Å². The van der Waals surface area contributed by atoms with E-state index in [4.69, 9.17) is 5.73 Å². The summed E-state index contributed by atoms with van der Waals surface area (Å²) in [6.07, 6.45) is 1.57. The largest absolute Gasteiger partial charge is 0.464 e. The number of hydrogen-bond acceptors (Lipinski definition) is 6. The molecule has 0 atom stereocenters. The molecule has 20 heavy (non-hydrogen) atoms. The van der Waals surface area contributed by atoms with Crippen LogP contribution in [0.3, 0.4) is 0 Å². The van der Waals surface area contributed by atoms with E-state index in [0.29, 0.717) is 5.69 Å². The molecule has 100 valence electrons.